The molecule has 3 unspecified atom stereocenters. The molecule has 0 aromatic heterocycles. The van der Waals surface area contributed by atoms with Crippen molar-refractivity contribution in [1.82, 2.24) is 4.90 Å². The second kappa shape index (κ2) is 5.67. The van der Waals surface area contributed by atoms with E-state index in [2.05, 4.69) is 0 Å². The highest BCUT2D eigenvalue weighted by Crippen LogP contribution is 2.31. The van der Waals surface area contributed by atoms with Crippen molar-refractivity contribution in [2.24, 2.45) is 11.5 Å². The van der Waals surface area contributed by atoms with Crippen molar-refractivity contribution in [3.8, 4) is 0 Å². The number of rotatable bonds is 4. The first-order valence-corrected chi connectivity index (χ1v) is 6.57. The molecule has 0 bridgehead atoms. The van der Waals surface area contributed by atoms with Gasteiger partial charge in [-0.3, -0.25) is 9.69 Å². The summed E-state index contributed by atoms with van der Waals surface area (Å²) in [6.45, 7) is 2.68. The summed E-state index contributed by atoms with van der Waals surface area (Å²) in [5.41, 5.74) is 12.4. The van der Waals surface area contributed by atoms with E-state index in [1.54, 1.807) is 12.1 Å². The Hall–Kier alpha value is -1.46. The lowest BCUT2D eigenvalue weighted by Gasteiger charge is -2.34. The van der Waals surface area contributed by atoms with Crippen molar-refractivity contribution in [3.63, 3.8) is 0 Å². The van der Waals surface area contributed by atoms with E-state index in [1.807, 2.05) is 11.8 Å². The van der Waals surface area contributed by atoms with Crippen molar-refractivity contribution in [1.29, 1.82) is 0 Å². The van der Waals surface area contributed by atoms with Crippen LogP contribution >= 0.6 is 0 Å². The second-order valence-electron chi connectivity index (χ2n) is 5.15. The van der Waals surface area contributed by atoms with Crippen LogP contribution < -0.4 is 11.5 Å². The zero-order chi connectivity index (χ0) is 14.0. The van der Waals surface area contributed by atoms with Crippen molar-refractivity contribution >= 4 is 5.91 Å². The topological polar surface area (TPSA) is 72.3 Å². The van der Waals surface area contributed by atoms with Crippen molar-refractivity contribution in [3.05, 3.63) is 35.6 Å². The van der Waals surface area contributed by atoms with E-state index in [0.29, 0.717) is 0 Å². The Morgan fingerprint density at radius 1 is 1.42 bits per heavy atom. The van der Waals surface area contributed by atoms with E-state index in [4.69, 9.17) is 11.5 Å². The number of primary amides is 1. The predicted molar refractivity (Wildman–Crippen MR) is 71.7 cm³/mol. The summed E-state index contributed by atoms with van der Waals surface area (Å²) in [6, 6.07) is 5.73. The number of benzene rings is 1. The maximum absolute atomic E-state index is 13.0. The monoisotopic (exact) mass is 265 g/mol. The molecule has 1 fully saturated rings. The van der Waals surface area contributed by atoms with Crippen LogP contribution in [0.25, 0.3) is 0 Å². The molecule has 0 spiro atoms. The van der Waals surface area contributed by atoms with Gasteiger partial charge in [0.2, 0.25) is 5.91 Å². The summed E-state index contributed by atoms with van der Waals surface area (Å²) in [7, 11) is 0. The molecule has 1 saturated heterocycles. The summed E-state index contributed by atoms with van der Waals surface area (Å²) in [5, 5.41) is 0. The first kappa shape index (κ1) is 14.0. The molecule has 1 aliphatic heterocycles. The van der Waals surface area contributed by atoms with Crippen LogP contribution in [-0.4, -0.2) is 29.4 Å². The summed E-state index contributed by atoms with van der Waals surface area (Å²) < 4.78 is 13.0. The molecule has 5 heteroatoms. The maximum Gasteiger partial charge on any atom is 0.234 e. The molecule has 2 rings (SSSR count). The van der Waals surface area contributed by atoms with Gasteiger partial charge in [0.05, 0.1) is 12.1 Å². The van der Waals surface area contributed by atoms with Crippen LogP contribution in [0.2, 0.25) is 0 Å². The van der Waals surface area contributed by atoms with E-state index in [0.717, 1.165) is 24.9 Å². The molecule has 0 saturated carbocycles. The van der Waals surface area contributed by atoms with Gasteiger partial charge in [-0.1, -0.05) is 12.1 Å². The van der Waals surface area contributed by atoms with Crippen LogP contribution in [-0.2, 0) is 4.79 Å². The SMILES string of the molecule is CC(N)C(c1ccc(F)cc1)N1CCCC1C(N)=O. The Bertz CT molecular complexity index is 447. The fourth-order valence-corrected chi connectivity index (χ4v) is 2.88. The fourth-order valence-electron chi connectivity index (χ4n) is 2.88. The van der Waals surface area contributed by atoms with Crippen molar-refractivity contribution in [2.75, 3.05) is 6.54 Å². The van der Waals surface area contributed by atoms with Gasteiger partial charge in [-0.2, -0.15) is 0 Å². The molecule has 1 aliphatic rings. The van der Waals surface area contributed by atoms with Crippen LogP contribution in [0.5, 0.6) is 0 Å². The molecule has 0 radical (unpaired) electrons. The maximum atomic E-state index is 13.0. The first-order chi connectivity index (χ1) is 9.00. The van der Waals surface area contributed by atoms with Crippen LogP contribution in [0.1, 0.15) is 31.4 Å². The number of carbonyl (C=O) groups is 1. The standard InChI is InChI=1S/C14H20FN3O/c1-9(16)13(10-4-6-11(15)7-5-10)18-8-2-3-12(18)14(17)19/h4-7,9,12-13H,2-3,8,16H2,1H3,(H2,17,19). The lowest BCUT2D eigenvalue weighted by Crippen LogP contribution is -2.47. The van der Waals surface area contributed by atoms with Crippen molar-refractivity contribution < 1.29 is 9.18 Å². The highest BCUT2D eigenvalue weighted by Gasteiger charge is 2.36. The Labute approximate surface area is 112 Å². The second-order valence-corrected chi connectivity index (χ2v) is 5.15. The average molecular weight is 265 g/mol. The molecule has 19 heavy (non-hydrogen) atoms. The summed E-state index contributed by atoms with van der Waals surface area (Å²) >= 11 is 0. The van der Waals surface area contributed by atoms with E-state index in [-0.39, 0.29) is 29.8 Å². The van der Waals surface area contributed by atoms with Crippen LogP contribution in [0, 0.1) is 5.82 Å². The summed E-state index contributed by atoms with van der Waals surface area (Å²) in [5.74, 6) is -0.592. The first-order valence-electron chi connectivity index (χ1n) is 6.57. The zero-order valence-electron chi connectivity index (χ0n) is 11.1. The van der Waals surface area contributed by atoms with Gasteiger partial charge < -0.3 is 11.5 Å². The fraction of sp³-hybridized carbons (Fsp3) is 0.500. The third-order valence-electron chi connectivity index (χ3n) is 3.69. The number of carbonyl (C=O) groups excluding carboxylic acids is 1. The number of nitrogens with two attached hydrogens (primary N) is 2. The predicted octanol–water partition coefficient (Wildman–Crippen LogP) is 1.16. The highest BCUT2D eigenvalue weighted by molar-refractivity contribution is 5.80. The quantitative estimate of drug-likeness (QED) is 0.858. The number of amides is 1. The Kier molecular flexibility index (Phi) is 4.17. The van der Waals surface area contributed by atoms with Gasteiger partial charge in [-0.05, 0) is 44.0 Å². The highest BCUT2D eigenvalue weighted by atomic mass is 19.1. The molecule has 104 valence electrons. The minimum atomic E-state index is -0.315. The molecule has 0 aliphatic carbocycles. The molecular formula is C14H20FN3O. The number of nitrogens with zero attached hydrogens (tertiary/aromatic N) is 1. The van der Waals surface area contributed by atoms with Gasteiger partial charge in [0.25, 0.3) is 0 Å². The van der Waals surface area contributed by atoms with Gasteiger partial charge in [-0.25, -0.2) is 4.39 Å². The summed E-state index contributed by atoms with van der Waals surface area (Å²) in [6.07, 6.45) is 1.69. The van der Waals surface area contributed by atoms with Crippen LogP contribution in [0.4, 0.5) is 4.39 Å². The van der Waals surface area contributed by atoms with E-state index >= 15 is 0 Å². The van der Waals surface area contributed by atoms with Gasteiger partial charge >= 0.3 is 0 Å². The van der Waals surface area contributed by atoms with Gasteiger partial charge in [0.15, 0.2) is 0 Å². The number of halogens is 1. The van der Waals surface area contributed by atoms with Crippen LogP contribution in [0.3, 0.4) is 0 Å². The molecule has 1 amide bonds. The Morgan fingerprint density at radius 3 is 2.58 bits per heavy atom. The molecule has 1 heterocycles. The smallest absolute Gasteiger partial charge is 0.234 e. The minimum absolute atomic E-state index is 0.111. The number of hydrogen-bond acceptors (Lipinski definition) is 3. The van der Waals surface area contributed by atoms with Gasteiger partial charge in [-0.15, -0.1) is 0 Å². The third kappa shape index (κ3) is 2.93. The average Bonchev–Trinajstić information content (AvgIpc) is 2.80. The molecule has 1 aromatic carbocycles. The largest absolute Gasteiger partial charge is 0.368 e. The number of likely N-dealkylation sites (tertiary alicyclic amines) is 1. The summed E-state index contributed by atoms with van der Waals surface area (Å²) in [4.78, 5) is 13.5. The number of hydrogen-bond donors (Lipinski definition) is 2. The minimum Gasteiger partial charge on any atom is -0.368 e. The molecular weight excluding hydrogens is 245 g/mol. The molecule has 4 nitrogen and oxygen atoms in total. The molecule has 4 N–H and O–H groups in total. The van der Waals surface area contributed by atoms with Gasteiger partial charge in [0.1, 0.15) is 5.82 Å². The van der Waals surface area contributed by atoms with Crippen molar-refractivity contribution in [2.45, 2.75) is 37.9 Å². The van der Waals surface area contributed by atoms with E-state index in [1.165, 1.54) is 12.1 Å². The zero-order valence-corrected chi connectivity index (χ0v) is 11.1. The molecule has 3 atom stereocenters. The lowest BCUT2D eigenvalue weighted by atomic mass is 9.98. The third-order valence-corrected chi connectivity index (χ3v) is 3.69. The van der Waals surface area contributed by atoms with E-state index < -0.39 is 0 Å². The Morgan fingerprint density at radius 2 is 2.05 bits per heavy atom. The lowest BCUT2D eigenvalue weighted by molar-refractivity contribution is -0.123. The van der Waals surface area contributed by atoms with E-state index in [9.17, 15) is 9.18 Å². The Balaban J connectivity index is 2.30. The van der Waals surface area contributed by atoms with Crippen LogP contribution in [0.15, 0.2) is 24.3 Å². The van der Waals surface area contributed by atoms with Gasteiger partial charge in [0, 0.05) is 6.04 Å². The molecule has 1 aromatic rings. The normalized spacial score (nSPS) is 23.2.